The molecule has 0 bridgehead atoms. The fourth-order valence-corrected chi connectivity index (χ4v) is 3.07. The van der Waals surface area contributed by atoms with E-state index in [2.05, 4.69) is 36.3 Å². The summed E-state index contributed by atoms with van der Waals surface area (Å²) in [7, 11) is 0. The van der Waals surface area contributed by atoms with E-state index in [1.807, 2.05) is 12.1 Å². The molecule has 1 N–H and O–H groups in total. The molecule has 1 heterocycles. The second-order valence-electron chi connectivity index (χ2n) is 6.57. The zero-order valence-electron chi connectivity index (χ0n) is 15.1. The molecule has 4 nitrogen and oxygen atoms in total. The van der Waals surface area contributed by atoms with Crippen molar-refractivity contribution in [1.29, 1.82) is 0 Å². The summed E-state index contributed by atoms with van der Waals surface area (Å²) in [6.45, 7) is 4.31. The van der Waals surface area contributed by atoms with Crippen LogP contribution in [0, 0.1) is 0 Å². The third-order valence-corrected chi connectivity index (χ3v) is 4.73. The number of rotatable bonds is 6. The Hall–Kier alpha value is -2.30. The molecule has 2 aromatic carbocycles. The first kappa shape index (κ1) is 19.5. The number of amides is 1. The van der Waals surface area contributed by atoms with Crippen molar-refractivity contribution in [2.24, 2.45) is 0 Å². The molecule has 140 valence electrons. The largest absolute Gasteiger partial charge is 0.441 e. The van der Waals surface area contributed by atoms with Crippen LogP contribution in [0.2, 0.25) is 10.0 Å². The lowest BCUT2D eigenvalue weighted by Crippen LogP contribution is -2.12. The molecule has 0 spiro atoms. The second kappa shape index (κ2) is 8.59. The maximum Gasteiger partial charge on any atom is 0.224 e. The minimum atomic E-state index is -0.166. The van der Waals surface area contributed by atoms with Crippen LogP contribution in [0.4, 0.5) is 5.69 Å². The molecule has 0 aliphatic rings. The summed E-state index contributed by atoms with van der Waals surface area (Å²) >= 11 is 11.9. The van der Waals surface area contributed by atoms with Crippen LogP contribution in [0.3, 0.4) is 0 Å². The van der Waals surface area contributed by atoms with Crippen LogP contribution in [-0.2, 0) is 11.2 Å². The highest BCUT2D eigenvalue weighted by Gasteiger charge is 2.11. The van der Waals surface area contributed by atoms with Crippen LogP contribution in [0.1, 0.15) is 37.6 Å². The molecular weight excluding hydrogens is 383 g/mol. The molecule has 1 amide bonds. The zero-order valence-corrected chi connectivity index (χ0v) is 16.6. The number of aryl methyl sites for hydroxylation is 1. The number of carbonyl (C=O) groups is 1. The Balaban J connectivity index is 1.58. The topological polar surface area (TPSA) is 55.1 Å². The van der Waals surface area contributed by atoms with Gasteiger partial charge < -0.3 is 9.73 Å². The van der Waals surface area contributed by atoms with E-state index in [9.17, 15) is 4.79 Å². The van der Waals surface area contributed by atoms with Crippen molar-refractivity contribution in [3.05, 3.63) is 70.2 Å². The molecule has 3 aromatic rings. The highest BCUT2D eigenvalue weighted by molar-refractivity contribution is 6.36. The van der Waals surface area contributed by atoms with Crippen LogP contribution < -0.4 is 5.32 Å². The van der Waals surface area contributed by atoms with Gasteiger partial charge in [0.1, 0.15) is 0 Å². The predicted molar refractivity (Wildman–Crippen MR) is 109 cm³/mol. The van der Waals surface area contributed by atoms with E-state index in [0.29, 0.717) is 39.7 Å². The van der Waals surface area contributed by atoms with Gasteiger partial charge >= 0.3 is 0 Å². The van der Waals surface area contributed by atoms with Crippen LogP contribution in [0.15, 0.2) is 53.1 Å². The maximum absolute atomic E-state index is 12.1. The first-order valence-electron chi connectivity index (χ1n) is 8.72. The summed E-state index contributed by atoms with van der Waals surface area (Å²) in [6.07, 6.45) is 2.33. The molecule has 0 saturated heterocycles. The van der Waals surface area contributed by atoms with Gasteiger partial charge in [0, 0.05) is 23.4 Å². The number of aromatic nitrogens is 1. The second-order valence-corrected chi connectivity index (χ2v) is 7.41. The molecule has 3 rings (SSSR count). The smallest absolute Gasteiger partial charge is 0.224 e. The van der Waals surface area contributed by atoms with Crippen LogP contribution >= 0.6 is 23.2 Å². The average molecular weight is 403 g/mol. The Labute approximate surface area is 168 Å². The summed E-state index contributed by atoms with van der Waals surface area (Å²) < 4.78 is 5.78. The third kappa shape index (κ3) is 5.12. The molecule has 0 radical (unpaired) electrons. The number of hydrogen-bond donors (Lipinski definition) is 1. The van der Waals surface area contributed by atoms with E-state index in [1.54, 1.807) is 24.4 Å². The van der Waals surface area contributed by atoms with Crippen LogP contribution in [0.25, 0.3) is 11.3 Å². The Morgan fingerprint density at radius 3 is 2.56 bits per heavy atom. The number of hydrogen-bond acceptors (Lipinski definition) is 3. The fraction of sp³-hybridized carbons (Fsp3) is 0.238. The Morgan fingerprint density at radius 1 is 1.15 bits per heavy atom. The van der Waals surface area contributed by atoms with Gasteiger partial charge in [0.15, 0.2) is 11.7 Å². The van der Waals surface area contributed by atoms with Crippen molar-refractivity contribution in [2.45, 2.75) is 32.6 Å². The number of nitrogens with one attached hydrogen (secondary N) is 1. The average Bonchev–Trinajstić information content (AvgIpc) is 3.11. The van der Waals surface area contributed by atoms with Crippen molar-refractivity contribution >= 4 is 34.8 Å². The van der Waals surface area contributed by atoms with Gasteiger partial charge in [0.25, 0.3) is 0 Å². The van der Waals surface area contributed by atoms with Crippen LogP contribution in [0.5, 0.6) is 0 Å². The SMILES string of the molecule is CC(C)c1ccc(-c2cnc(CCC(=O)Nc3ccc(Cl)cc3Cl)o2)cc1. The number of halogens is 2. The molecule has 0 atom stereocenters. The molecule has 0 saturated carbocycles. The maximum atomic E-state index is 12.1. The predicted octanol–water partition coefficient (Wildman–Crippen LogP) is 6.34. The highest BCUT2D eigenvalue weighted by Crippen LogP contribution is 2.26. The molecule has 0 fully saturated rings. The lowest BCUT2D eigenvalue weighted by molar-refractivity contribution is -0.116. The Kier molecular flexibility index (Phi) is 6.19. The van der Waals surface area contributed by atoms with E-state index < -0.39 is 0 Å². The van der Waals surface area contributed by atoms with Crippen molar-refractivity contribution in [2.75, 3.05) is 5.32 Å². The summed E-state index contributed by atoms with van der Waals surface area (Å²) in [5, 5.41) is 3.69. The highest BCUT2D eigenvalue weighted by atomic mass is 35.5. The Bertz CT molecular complexity index is 934. The normalized spacial score (nSPS) is 11.0. The van der Waals surface area contributed by atoms with Gasteiger partial charge in [0.2, 0.25) is 5.91 Å². The quantitative estimate of drug-likeness (QED) is 0.522. The third-order valence-electron chi connectivity index (χ3n) is 4.19. The van der Waals surface area contributed by atoms with Crippen molar-refractivity contribution in [3.63, 3.8) is 0 Å². The van der Waals surface area contributed by atoms with Crippen molar-refractivity contribution < 1.29 is 9.21 Å². The standard InChI is InChI=1S/C21H20Cl2N2O2/c1-13(2)14-3-5-15(6-4-14)19-12-24-21(27-19)10-9-20(26)25-18-8-7-16(22)11-17(18)23/h3-8,11-13H,9-10H2,1-2H3,(H,25,26). The number of anilines is 1. The summed E-state index contributed by atoms with van der Waals surface area (Å²) in [5.74, 6) is 1.54. The van der Waals surface area contributed by atoms with E-state index in [-0.39, 0.29) is 12.3 Å². The van der Waals surface area contributed by atoms with E-state index in [4.69, 9.17) is 27.6 Å². The first-order valence-corrected chi connectivity index (χ1v) is 9.48. The Morgan fingerprint density at radius 2 is 1.89 bits per heavy atom. The first-order chi connectivity index (χ1) is 12.9. The number of nitrogens with zero attached hydrogens (tertiary/aromatic N) is 1. The minimum absolute atomic E-state index is 0.166. The van der Waals surface area contributed by atoms with E-state index in [0.717, 1.165) is 5.56 Å². The molecule has 0 aliphatic heterocycles. The summed E-state index contributed by atoms with van der Waals surface area (Å²) in [5.41, 5.74) is 2.77. The lowest BCUT2D eigenvalue weighted by atomic mass is 10.0. The van der Waals surface area contributed by atoms with E-state index in [1.165, 1.54) is 5.56 Å². The van der Waals surface area contributed by atoms with Gasteiger partial charge in [-0.2, -0.15) is 0 Å². The monoisotopic (exact) mass is 402 g/mol. The summed E-state index contributed by atoms with van der Waals surface area (Å²) in [6, 6.07) is 13.2. The van der Waals surface area contributed by atoms with Gasteiger partial charge in [-0.05, 0) is 29.7 Å². The molecule has 0 unspecified atom stereocenters. The zero-order chi connectivity index (χ0) is 19.4. The molecule has 0 aliphatic carbocycles. The molecule has 1 aromatic heterocycles. The molecule has 27 heavy (non-hydrogen) atoms. The number of benzene rings is 2. The van der Waals surface area contributed by atoms with Gasteiger partial charge in [-0.25, -0.2) is 4.98 Å². The summed E-state index contributed by atoms with van der Waals surface area (Å²) in [4.78, 5) is 16.4. The van der Waals surface area contributed by atoms with Gasteiger partial charge in [0.05, 0.1) is 16.9 Å². The van der Waals surface area contributed by atoms with Gasteiger partial charge in [-0.15, -0.1) is 0 Å². The van der Waals surface area contributed by atoms with Gasteiger partial charge in [-0.1, -0.05) is 61.3 Å². The van der Waals surface area contributed by atoms with E-state index >= 15 is 0 Å². The minimum Gasteiger partial charge on any atom is -0.441 e. The van der Waals surface area contributed by atoms with Gasteiger partial charge in [-0.3, -0.25) is 4.79 Å². The lowest BCUT2D eigenvalue weighted by Gasteiger charge is -2.06. The van der Waals surface area contributed by atoms with Crippen molar-refractivity contribution in [3.8, 4) is 11.3 Å². The van der Waals surface area contributed by atoms with Crippen molar-refractivity contribution in [1.82, 2.24) is 4.98 Å². The van der Waals surface area contributed by atoms with Crippen LogP contribution in [-0.4, -0.2) is 10.9 Å². The number of carbonyl (C=O) groups excluding carboxylic acids is 1. The molecular formula is C21H20Cl2N2O2. The number of oxazole rings is 1. The fourth-order valence-electron chi connectivity index (χ4n) is 2.62. The molecule has 6 heteroatoms.